The number of thioether (sulfide) groups is 1. The molecule has 0 aliphatic carbocycles. The molecule has 2 aromatic carbocycles. The number of hydrogen-bond donors (Lipinski definition) is 2. The normalized spacial score (nSPS) is 20.6. The van der Waals surface area contributed by atoms with Crippen molar-refractivity contribution in [2.24, 2.45) is 0 Å². The van der Waals surface area contributed by atoms with E-state index in [0.717, 1.165) is 11.1 Å². The first-order valence-corrected chi connectivity index (χ1v) is 11.6. The predicted octanol–water partition coefficient (Wildman–Crippen LogP) is 3.16. The molecule has 1 heterocycles. The number of rotatable bonds is 9. The summed E-state index contributed by atoms with van der Waals surface area (Å²) in [7, 11) is 3.43. The molecule has 8 heteroatoms. The summed E-state index contributed by atoms with van der Waals surface area (Å²) < 4.78 is 0. The summed E-state index contributed by atoms with van der Waals surface area (Å²) in [4.78, 5) is 39.6. The Morgan fingerprint density at radius 2 is 1.75 bits per heavy atom. The van der Waals surface area contributed by atoms with E-state index in [2.05, 4.69) is 5.32 Å². The van der Waals surface area contributed by atoms with Crippen LogP contribution in [0.1, 0.15) is 24.0 Å². The zero-order valence-electron chi connectivity index (χ0n) is 18.4. The summed E-state index contributed by atoms with van der Waals surface area (Å²) in [6.45, 7) is 0.867. The van der Waals surface area contributed by atoms with Gasteiger partial charge in [0.2, 0.25) is 0 Å². The summed E-state index contributed by atoms with van der Waals surface area (Å²) >= 11 is 1.37. The van der Waals surface area contributed by atoms with E-state index in [1.807, 2.05) is 60.7 Å². The smallest absolute Gasteiger partial charge is 0.321 e. The van der Waals surface area contributed by atoms with E-state index in [1.54, 1.807) is 23.9 Å². The largest absolute Gasteiger partial charge is 0.480 e. The Morgan fingerprint density at radius 3 is 2.34 bits per heavy atom. The summed E-state index contributed by atoms with van der Waals surface area (Å²) in [6.07, 6.45) is 0.714. The number of amides is 2. The van der Waals surface area contributed by atoms with Gasteiger partial charge in [-0.2, -0.15) is 0 Å². The Kier molecular flexibility index (Phi) is 7.93. The Bertz CT molecular complexity index is 941. The van der Waals surface area contributed by atoms with Gasteiger partial charge in [-0.15, -0.1) is 11.8 Å². The van der Waals surface area contributed by atoms with Gasteiger partial charge in [-0.05, 0) is 24.6 Å². The number of nitrogens with one attached hydrogen (secondary N) is 1. The van der Waals surface area contributed by atoms with Crippen LogP contribution in [0.4, 0.5) is 4.79 Å². The number of carbonyl (C=O) groups excluding carboxylic acids is 2. The average Bonchev–Trinajstić information content (AvgIpc) is 3.15. The van der Waals surface area contributed by atoms with Crippen LogP contribution in [0, 0.1) is 0 Å². The van der Waals surface area contributed by atoms with Gasteiger partial charge in [0.1, 0.15) is 6.04 Å². The van der Waals surface area contributed by atoms with Crippen molar-refractivity contribution in [3.8, 4) is 0 Å². The number of nitrogens with zero attached hydrogens (tertiary/aromatic N) is 2. The number of ketones is 1. The highest BCUT2D eigenvalue weighted by Gasteiger charge is 2.53. The second kappa shape index (κ2) is 10.7. The molecule has 2 atom stereocenters. The highest BCUT2D eigenvalue weighted by Crippen LogP contribution is 2.48. The number of likely N-dealkylation sites (N-methyl/N-ethyl adjacent to an activating group) is 1. The lowest BCUT2D eigenvalue weighted by molar-refractivity contribution is -0.143. The third-order valence-corrected chi connectivity index (χ3v) is 7.36. The first-order chi connectivity index (χ1) is 15.4. The molecule has 0 aromatic heterocycles. The zero-order chi connectivity index (χ0) is 23.1. The highest BCUT2D eigenvalue weighted by molar-refractivity contribution is 8.01. The van der Waals surface area contributed by atoms with Gasteiger partial charge in [-0.25, -0.2) is 4.79 Å². The van der Waals surface area contributed by atoms with Crippen LogP contribution >= 0.6 is 11.8 Å². The topological polar surface area (TPSA) is 90.0 Å². The molecular formula is C24H29N3O4S. The highest BCUT2D eigenvalue weighted by atomic mass is 32.2. The zero-order valence-corrected chi connectivity index (χ0v) is 19.2. The van der Waals surface area contributed by atoms with E-state index in [-0.39, 0.29) is 18.2 Å². The number of hydrogen-bond acceptors (Lipinski definition) is 5. The van der Waals surface area contributed by atoms with Gasteiger partial charge in [-0.3, -0.25) is 14.5 Å². The maximum absolute atomic E-state index is 13.4. The van der Waals surface area contributed by atoms with E-state index in [1.165, 1.54) is 11.8 Å². The molecule has 1 unspecified atom stereocenters. The van der Waals surface area contributed by atoms with Crippen LogP contribution in [0.15, 0.2) is 60.7 Å². The number of carboxylic acids is 1. The van der Waals surface area contributed by atoms with Crippen LogP contribution in [0.25, 0.3) is 0 Å². The standard InChI is InChI=1S/C24H29N3O4S/c1-26(16-18-10-5-3-6-11-18)23(31)25-15-9-14-21(28)24(19-12-7-4-8-13-19)27(2)20(17-32-24)22(29)30/h3-8,10-13,20H,9,14-17H2,1-2H3,(H,25,31)(H,29,30)/t20?,24-/m0/s1. The molecule has 0 spiro atoms. The van der Waals surface area contributed by atoms with E-state index in [9.17, 15) is 19.5 Å². The van der Waals surface area contributed by atoms with Crippen molar-refractivity contribution < 1.29 is 19.5 Å². The molecular weight excluding hydrogens is 426 g/mol. The molecule has 1 aliphatic heterocycles. The maximum Gasteiger partial charge on any atom is 0.321 e. The Morgan fingerprint density at radius 1 is 1.12 bits per heavy atom. The number of Topliss-reactive ketones (excluding diaryl/α,β-unsaturated/α-hetero) is 1. The molecule has 32 heavy (non-hydrogen) atoms. The lowest BCUT2D eigenvalue weighted by atomic mass is 9.96. The maximum atomic E-state index is 13.4. The fourth-order valence-electron chi connectivity index (χ4n) is 3.94. The van der Waals surface area contributed by atoms with Crippen molar-refractivity contribution in [3.63, 3.8) is 0 Å². The van der Waals surface area contributed by atoms with Crippen LogP contribution in [-0.4, -0.2) is 65.1 Å². The van der Waals surface area contributed by atoms with E-state index >= 15 is 0 Å². The Labute approximate surface area is 192 Å². The van der Waals surface area contributed by atoms with Crippen LogP contribution in [0.5, 0.6) is 0 Å². The molecule has 7 nitrogen and oxygen atoms in total. The molecule has 1 fully saturated rings. The molecule has 1 saturated heterocycles. The molecule has 0 saturated carbocycles. The van der Waals surface area contributed by atoms with Crippen molar-refractivity contribution in [2.45, 2.75) is 30.3 Å². The molecule has 170 valence electrons. The Balaban J connectivity index is 1.58. The van der Waals surface area contributed by atoms with Crippen molar-refractivity contribution in [1.82, 2.24) is 15.1 Å². The summed E-state index contributed by atoms with van der Waals surface area (Å²) in [5.74, 6) is -0.640. The molecule has 2 amide bonds. The molecule has 1 aliphatic rings. The number of benzene rings is 2. The second-order valence-electron chi connectivity index (χ2n) is 7.89. The Hall–Kier alpha value is -2.84. The third-order valence-electron chi connectivity index (χ3n) is 5.71. The molecule has 2 aromatic rings. The summed E-state index contributed by atoms with van der Waals surface area (Å²) in [6, 6.07) is 18.1. The van der Waals surface area contributed by atoms with Gasteiger partial charge in [0.05, 0.1) is 0 Å². The lowest BCUT2D eigenvalue weighted by Crippen LogP contribution is -2.49. The van der Waals surface area contributed by atoms with E-state index < -0.39 is 16.9 Å². The van der Waals surface area contributed by atoms with E-state index in [0.29, 0.717) is 25.3 Å². The summed E-state index contributed by atoms with van der Waals surface area (Å²) in [5, 5.41) is 12.4. The van der Waals surface area contributed by atoms with Gasteiger partial charge < -0.3 is 15.3 Å². The van der Waals surface area contributed by atoms with Crippen molar-refractivity contribution in [3.05, 3.63) is 71.8 Å². The SMILES string of the molecule is CN(Cc1ccccc1)C(=O)NCCCC(=O)[C@]1(c2ccccc2)SCC(C(=O)O)N1C. The first-order valence-electron chi connectivity index (χ1n) is 10.6. The minimum absolute atomic E-state index is 0.0492. The molecule has 3 rings (SSSR count). The summed E-state index contributed by atoms with van der Waals surface area (Å²) in [5.41, 5.74) is 1.83. The van der Waals surface area contributed by atoms with Gasteiger partial charge >= 0.3 is 12.0 Å². The number of carbonyl (C=O) groups is 3. The molecule has 0 bridgehead atoms. The average molecular weight is 456 g/mol. The number of aliphatic carboxylic acids is 1. The first kappa shape index (κ1) is 23.8. The van der Waals surface area contributed by atoms with Gasteiger partial charge in [0, 0.05) is 32.3 Å². The quantitative estimate of drug-likeness (QED) is 0.565. The van der Waals surface area contributed by atoms with Gasteiger partial charge in [-0.1, -0.05) is 60.7 Å². The fraction of sp³-hybridized carbons (Fsp3) is 0.375. The number of carboxylic acid groups (broad SMARTS) is 1. The number of urea groups is 1. The van der Waals surface area contributed by atoms with Crippen molar-refractivity contribution >= 4 is 29.5 Å². The van der Waals surface area contributed by atoms with Crippen LogP contribution in [0.2, 0.25) is 0 Å². The molecule has 0 radical (unpaired) electrons. The van der Waals surface area contributed by atoms with E-state index in [4.69, 9.17) is 0 Å². The van der Waals surface area contributed by atoms with Gasteiger partial charge in [0.25, 0.3) is 0 Å². The van der Waals surface area contributed by atoms with Crippen LogP contribution in [0.3, 0.4) is 0 Å². The van der Waals surface area contributed by atoms with Crippen molar-refractivity contribution in [1.29, 1.82) is 0 Å². The third kappa shape index (κ3) is 5.14. The lowest BCUT2D eigenvalue weighted by Gasteiger charge is -2.35. The molecule has 2 N–H and O–H groups in total. The van der Waals surface area contributed by atoms with Crippen LogP contribution < -0.4 is 5.32 Å². The van der Waals surface area contributed by atoms with Crippen LogP contribution in [-0.2, 0) is 21.0 Å². The van der Waals surface area contributed by atoms with Crippen molar-refractivity contribution in [2.75, 3.05) is 26.4 Å². The minimum atomic E-state index is -1.03. The predicted molar refractivity (Wildman–Crippen MR) is 125 cm³/mol. The minimum Gasteiger partial charge on any atom is -0.480 e. The monoisotopic (exact) mass is 455 g/mol. The fourth-order valence-corrected chi connectivity index (χ4v) is 5.60. The second-order valence-corrected chi connectivity index (χ2v) is 9.10. The van der Waals surface area contributed by atoms with Gasteiger partial charge in [0.15, 0.2) is 10.7 Å².